The molecule has 0 bridgehead atoms. The molecule has 2 aliphatic rings. The van der Waals surface area contributed by atoms with Crippen LogP contribution in [0.25, 0.3) is 0 Å². The molecule has 1 aromatic rings. The second kappa shape index (κ2) is 7.06. The Balaban J connectivity index is 1.78. The highest BCUT2D eigenvalue weighted by Gasteiger charge is 2.27. The van der Waals surface area contributed by atoms with E-state index in [4.69, 9.17) is 4.74 Å². The molecule has 0 amide bonds. The second-order valence-corrected chi connectivity index (χ2v) is 7.35. The van der Waals surface area contributed by atoms with E-state index in [1.54, 1.807) is 15.3 Å². The van der Waals surface area contributed by atoms with E-state index in [0.29, 0.717) is 6.04 Å². The summed E-state index contributed by atoms with van der Waals surface area (Å²) in [6, 6.07) is 3.08. The minimum Gasteiger partial charge on any atom is -0.381 e. The molecule has 0 radical (unpaired) electrons. The maximum atomic E-state index is 5.55. The van der Waals surface area contributed by atoms with Gasteiger partial charge in [0.2, 0.25) is 0 Å². The van der Waals surface area contributed by atoms with Gasteiger partial charge in [-0.2, -0.15) is 0 Å². The van der Waals surface area contributed by atoms with Crippen LogP contribution >= 0.6 is 11.3 Å². The van der Waals surface area contributed by atoms with Gasteiger partial charge in [0.05, 0.1) is 0 Å². The number of fused-ring (bicyclic) bond motifs is 1. The molecular weight excluding hydrogens is 266 g/mol. The van der Waals surface area contributed by atoms with Crippen LogP contribution in [0.3, 0.4) is 0 Å². The summed E-state index contributed by atoms with van der Waals surface area (Å²) in [4.78, 5) is 3.26. The zero-order valence-corrected chi connectivity index (χ0v) is 13.4. The Morgan fingerprint density at radius 3 is 2.85 bits per heavy atom. The quantitative estimate of drug-likeness (QED) is 0.882. The van der Waals surface area contributed by atoms with E-state index in [0.717, 1.165) is 25.7 Å². The lowest BCUT2D eigenvalue weighted by molar-refractivity contribution is 0.0540. The fraction of sp³-hybridized carbons (Fsp3) is 0.765. The SMILES string of the molecule is CCCNC(c1cc2c(s1)CCCC2)C1CCOCC1. The van der Waals surface area contributed by atoms with Crippen LogP contribution in [0.4, 0.5) is 0 Å². The van der Waals surface area contributed by atoms with Gasteiger partial charge in [-0.15, -0.1) is 11.3 Å². The molecule has 1 aromatic heterocycles. The van der Waals surface area contributed by atoms with E-state index in [1.807, 2.05) is 0 Å². The first-order valence-corrected chi connectivity index (χ1v) is 9.12. The van der Waals surface area contributed by atoms with Crippen LogP contribution < -0.4 is 5.32 Å². The van der Waals surface area contributed by atoms with E-state index >= 15 is 0 Å². The normalized spacial score (nSPS) is 21.6. The summed E-state index contributed by atoms with van der Waals surface area (Å²) >= 11 is 2.08. The van der Waals surface area contributed by atoms with Crippen molar-refractivity contribution >= 4 is 11.3 Å². The Morgan fingerprint density at radius 2 is 2.10 bits per heavy atom. The first kappa shape index (κ1) is 14.6. The van der Waals surface area contributed by atoms with Crippen LogP contribution in [0.5, 0.6) is 0 Å². The number of hydrogen-bond donors (Lipinski definition) is 1. The Bertz CT molecular complexity index is 399. The zero-order valence-electron chi connectivity index (χ0n) is 12.6. The van der Waals surface area contributed by atoms with E-state index in [-0.39, 0.29) is 0 Å². The summed E-state index contributed by atoms with van der Waals surface area (Å²) in [7, 11) is 0. The zero-order chi connectivity index (χ0) is 13.8. The lowest BCUT2D eigenvalue weighted by Gasteiger charge is -2.30. The van der Waals surface area contributed by atoms with Gasteiger partial charge < -0.3 is 10.1 Å². The maximum Gasteiger partial charge on any atom is 0.0469 e. The topological polar surface area (TPSA) is 21.3 Å². The van der Waals surface area contributed by atoms with Gasteiger partial charge >= 0.3 is 0 Å². The molecule has 1 N–H and O–H groups in total. The van der Waals surface area contributed by atoms with E-state index < -0.39 is 0 Å². The van der Waals surface area contributed by atoms with E-state index in [2.05, 4.69) is 29.6 Å². The van der Waals surface area contributed by atoms with Crippen LogP contribution in [-0.4, -0.2) is 19.8 Å². The Labute approximate surface area is 126 Å². The highest BCUT2D eigenvalue weighted by atomic mass is 32.1. The van der Waals surface area contributed by atoms with Crippen LogP contribution in [-0.2, 0) is 17.6 Å². The van der Waals surface area contributed by atoms with Crippen molar-refractivity contribution in [2.24, 2.45) is 5.92 Å². The summed E-state index contributed by atoms with van der Waals surface area (Å²) in [5, 5.41) is 3.82. The van der Waals surface area contributed by atoms with Gasteiger partial charge in [0.1, 0.15) is 0 Å². The summed E-state index contributed by atoms with van der Waals surface area (Å²) < 4.78 is 5.55. The molecule has 3 rings (SSSR count). The first-order valence-electron chi connectivity index (χ1n) is 8.31. The second-order valence-electron chi connectivity index (χ2n) is 6.19. The van der Waals surface area contributed by atoms with Crippen molar-refractivity contribution in [3.05, 3.63) is 21.4 Å². The van der Waals surface area contributed by atoms with Crippen LogP contribution in [0, 0.1) is 5.92 Å². The minimum absolute atomic E-state index is 0.564. The lowest BCUT2D eigenvalue weighted by atomic mass is 9.89. The molecule has 112 valence electrons. The molecule has 0 saturated carbocycles. The molecule has 2 heterocycles. The molecule has 2 nitrogen and oxygen atoms in total. The highest BCUT2D eigenvalue weighted by Crippen LogP contribution is 2.38. The Hall–Kier alpha value is -0.380. The van der Waals surface area contributed by atoms with Crippen molar-refractivity contribution in [2.75, 3.05) is 19.8 Å². The number of hydrogen-bond acceptors (Lipinski definition) is 3. The molecule has 1 aliphatic carbocycles. The van der Waals surface area contributed by atoms with Crippen molar-refractivity contribution in [1.82, 2.24) is 5.32 Å². The van der Waals surface area contributed by atoms with Crippen molar-refractivity contribution in [1.29, 1.82) is 0 Å². The molecule has 1 fully saturated rings. The van der Waals surface area contributed by atoms with Crippen LogP contribution in [0.2, 0.25) is 0 Å². The molecule has 3 heteroatoms. The third kappa shape index (κ3) is 3.26. The number of nitrogens with one attached hydrogen (secondary N) is 1. The third-order valence-electron chi connectivity index (χ3n) is 4.67. The van der Waals surface area contributed by atoms with Gasteiger partial charge in [-0.3, -0.25) is 0 Å². The smallest absolute Gasteiger partial charge is 0.0469 e. The van der Waals surface area contributed by atoms with Crippen molar-refractivity contribution in [2.45, 2.75) is 57.9 Å². The van der Waals surface area contributed by atoms with Gasteiger partial charge in [-0.25, -0.2) is 0 Å². The highest BCUT2D eigenvalue weighted by molar-refractivity contribution is 7.12. The largest absolute Gasteiger partial charge is 0.381 e. The van der Waals surface area contributed by atoms with Gasteiger partial charge in [-0.1, -0.05) is 6.92 Å². The average molecular weight is 293 g/mol. The summed E-state index contributed by atoms with van der Waals surface area (Å²) in [5.41, 5.74) is 1.65. The van der Waals surface area contributed by atoms with Crippen LogP contribution in [0.1, 0.15) is 60.4 Å². The maximum absolute atomic E-state index is 5.55. The van der Waals surface area contributed by atoms with Crippen molar-refractivity contribution in [3.8, 4) is 0 Å². The standard InChI is InChI=1S/C17H27NOS/c1-2-9-18-17(13-7-10-19-11-8-13)16-12-14-5-3-4-6-15(14)20-16/h12-13,17-18H,2-11H2,1H3. The predicted molar refractivity (Wildman–Crippen MR) is 85.5 cm³/mol. The molecule has 1 aliphatic heterocycles. The number of ether oxygens (including phenoxy) is 1. The lowest BCUT2D eigenvalue weighted by Crippen LogP contribution is -2.32. The summed E-state index contributed by atoms with van der Waals surface area (Å²) in [5.74, 6) is 0.760. The van der Waals surface area contributed by atoms with Gasteiger partial charge in [0, 0.05) is 29.0 Å². The number of rotatable bonds is 5. The fourth-order valence-corrected chi connectivity index (χ4v) is 4.94. The summed E-state index contributed by atoms with van der Waals surface area (Å²) in [6.45, 7) is 5.28. The van der Waals surface area contributed by atoms with Crippen molar-refractivity contribution < 1.29 is 4.74 Å². The number of thiophene rings is 1. The summed E-state index contributed by atoms with van der Waals surface area (Å²) in [6.07, 6.45) is 9.03. The third-order valence-corrected chi connectivity index (χ3v) is 5.99. The molecule has 0 aromatic carbocycles. The molecular formula is C17H27NOS. The molecule has 0 spiro atoms. The first-order chi connectivity index (χ1) is 9.88. The average Bonchev–Trinajstić information content (AvgIpc) is 2.92. The molecule has 1 unspecified atom stereocenters. The van der Waals surface area contributed by atoms with E-state index in [1.165, 1.54) is 44.9 Å². The fourth-order valence-electron chi connectivity index (χ4n) is 3.52. The molecule has 20 heavy (non-hydrogen) atoms. The van der Waals surface area contributed by atoms with Gasteiger partial charge in [0.15, 0.2) is 0 Å². The minimum atomic E-state index is 0.564. The predicted octanol–water partition coefficient (Wildman–Crippen LogP) is 4.09. The Kier molecular flexibility index (Phi) is 5.14. The monoisotopic (exact) mass is 293 g/mol. The van der Waals surface area contributed by atoms with Gasteiger partial charge in [-0.05, 0) is 69.0 Å². The van der Waals surface area contributed by atoms with Crippen molar-refractivity contribution in [3.63, 3.8) is 0 Å². The molecule has 1 saturated heterocycles. The number of aryl methyl sites for hydroxylation is 2. The van der Waals surface area contributed by atoms with E-state index in [9.17, 15) is 0 Å². The Morgan fingerprint density at radius 1 is 1.30 bits per heavy atom. The van der Waals surface area contributed by atoms with Gasteiger partial charge in [0.25, 0.3) is 0 Å². The van der Waals surface area contributed by atoms with Crippen LogP contribution in [0.15, 0.2) is 6.07 Å². The molecule has 1 atom stereocenters.